The highest BCUT2D eigenvalue weighted by atomic mass is 15.2. The molecule has 0 radical (unpaired) electrons. The summed E-state index contributed by atoms with van der Waals surface area (Å²) in [7, 11) is 0. The molecule has 28 heavy (non-hydrogen) atoms. The monoisotopic (exact) mass is 370 g/mol. The van der Waals surface area contributed by atoms with Crippen molar-refractivity contribution in [1.29, 1.82) is 0 Å². The Bertz CT molecular complexity index is 1090. The molecule has 0 fully saturated rings. The van der Waals surface area contributed by atoms with Crippen molar-refractivity contribution < 1.29 is 0 Å². The molecule has 140 valence electrons. The molecule has 0 spiro atoms. The van der Waals surface area contributed by atoms with E-state index in [-0.39, 0.29) is 6.04 Å². The Morgan fingerprint density at radius 2 is 1.96 bits per heavy atom. The fourth-order valence-corrected chi connectivity index (χ4v) is 3.07. The number of fused-ring (bicyclic) bond motifs is 1. The summed E-state index contributed by atoms with van der Waals surface area (Å²) in [5.41, 5.74) is 4.09. The molecule has 0 saturated carbocycles. The Morgan fingerprint density at radius 1 is 1.11 bits per heavy atom. The predicted octanol–water partition coefficient (Wildman–Crippen LogP) is 4.59. The number of hydrogen-bond donors (Lipinski definition) is 2. The summed E-state index contributed by atoms with van der Waals surface area (Å²) in [5, 5.41) is 6.64. The van der Waals surface area contributed by atoms with Crippen LogP contribution < -0.4 is 10.6 Å². The minimum Gasteiger partial charge on any atom is -0.382 e. The maximum absolute atomic E-state index is 4.67. The average molecular weight is 370 g/mol. The number of hydrogen-bond acceptors (Lipinski definition) is 5. The molecule has 4 aromatic rings. The maximum atomic E-state index is 4.67. The van der Waals surface area contributed by atoms with Gasteiger partial charge >= 0.3 is 0 Å². The summed E-state index contributed by atoms with van der Waals surface area (Å²) in [6, 6.07) is 18.3. The van der Waals surface area contributed by atoms with Crippen molar-refractivity contribution in [3.8, 4) is 5.82 Å². The van der Waals surface area contributed by atoms with Crippen LogP contribution >= 0.6 is 0 Å². The van der Waals surface area contributed by atoms with E-state index in [1.165, 1.54) is 5.56 Å². The Hall–Kier alpha value is -3.67. The van der Waals surface area contributed by atoms with Crippen LogP contribution in [0.2, 0.25) is 0 Å². The number of nitrogens with one attached hydrogen (secondary N) is 2. The SMILES string of the molecule is C=CCNc1ccc2c(c1)ncn2-c1ccnc(NC(C)c2ccccc2)n1. The summed E-state index contributed by atoms with van der Waals surface area (Å²) < 4.78 is 1.96. The molecule has 6 heteroatoms. The fourth-order valence-electron chi connectivity index (χ4n) is 3.07. The number of rotatable bonds is 7. The normalized spacial score (nSPS) is 11.9. The Labute approximate surface area is 164 Å². The van der Waals surface area contributed by atoms with Crippen molar-refractivity contribution in [1.82, 2.24) is 19.5 Å². The van der Waals surface area contributed by atoms with E-state index in [0.29, 0.717) is 12.5 Å². The molecule has 0 aliphatic rings. The second kappa shape index (κ2) is 7.92. The van der Waals surface area contributed by atoms with E-state index < -0.39 is 0 Å². The van der Waals surface area contributed by atoms with Gasteiger partial charge in [0.05, 0.1) is 17.1 Å². The molecule has 2 N–H and O–H groups in total. The van der Waals surface area contributed by atoms with Gasteiger partial charge in [0.2, 0.25) is 5.95 Å². The third-order valence-electron chi connectivity index (χ3n) is 4.53. The smallest absolute Gasteiger partial charge is 0.225 e. The molecule has 0 amide bonds. The zero-order valence-corrected chi connectivity index (χ0v) is 15.7. The van der Waals surface area contributed by atoms with Gasteiger partial charge in [-0.15, -0.1) is 6.58 Å². The fraction of sp³-hybridized carbons (Fsp3) is 0.136. The van der Waals surface area contributed by atoms with Crippen molar-refractivity contribution in [2.24, 2.45) is 0 Å². The van der Waals surface area contributed by atoms with E-state index in [1.807, 2.05) is 53.1 Å². The molecule has 0 aliphatic carbocycles. The maximum Gasteiger partial charge on any atom is 0.225 e. The standard InChI is InChI=1S/C22H22N6/c1-3-12-23-18-9-10-20-19(14-18)25-15-28(20)21-11-13-24-22(27-21)26-16(2)17-7-5-4-6-8-17/h3-11,13-16,23H,1,12H2,2H3,(H,24,26,27). The topological polar surface area (TPSA) is 67.7 Å². The van der Waals surface area contributed by atoms with E-state index in [1.54, 1.807) is 12.5 Å². The number of nitrogens with zero attached hydrogens (tertiary/aromatic N) is 4. The van der Waals surface area contributed by atoms with Crippen LogP contribution in [-0.4, -0.2) is 26.1 Å². The van der Waals surface area contributed by atoms with Crippen LogP contribution in [0.25, 0.3) is 16.9 Å². The lowest BCUT2D eigenvalue weighted by Crippen LogP contribution is -2.10. The molecular weight excluding hydrogens is 348 g/mol. The van der Waals surface area contributed by atoms with Gasteiger partial charge in [-0.2, -0.15) is 4.98 Å². The highest BCUT2D eigenvalue weighted by Gasteiger charge is 2.10. The molecule has 2 aromatic carbocycles. The molecule has 0 aliphatic heterocycles. The lowest BCUT2D eigenvalue weighted by molar-refractivity contribution is 0.854. The minimum absolute atomic E-state index is 0.106. The van der Waals surface area contributed by atoms with E-state index in [9.17, 15) is 0 Å². The van der Waals surface area contributed by atoms with Crippen LogP contribution in [0.3, 0.4) is 0 Å². The molecular formula is C22H22N6. The zero-order chi connectivity index (χ0) is 19.3. The van der Waals surface area contributed by atoms with Gasteiger partial charge in [-0.3, -0.25) is 4.57 Å². The number of benzene rings is 2. The quantitative estimate of drug-likeness (QED) is 0.466. The molecule has 0 bridgehead atoms. The summed E-state index contributed by atoms with van der Waals surface area (Å²) >= 11 is 0. The van der Waals surface area contributed by atoms with Crippen molar-refractivity contribution in [2.75, 3.05) is 17.2 Å². The van der Waals surface area contributed by atoms with Gasteiger partial charge in [0.25, 0.3) is 0 Å². The highest BCUT2D eigenvalue weighted by Crippen LogP contribution is 2.22. The molecule has 6 nitrogen and oxygen atoms in total. The molecule has 4 rings (SSSR count). The lowest BCUT2D eigenvalue weighted by atomic mass is 10.1. The van der Waals surface area contributed by atoms with E-state index in [4.69, 9.17) is 0 Å². The first kappa shape index (κ1) is 17.7. The number of imidazole rings is 1. The van der Waals surface area contributed by atoms with Gasteiger partial charge in [0.15, 0.2) is 0 Å². The largest absolute Gasteiger partial charge is 0.382 e. The van der Waals surface area contributed by atoms with E-state index in [0.717, 1.165) is 22.5 Å². The second-order valence-electron chi connectivity index (χ2n) is 6.50. The van der Waals surface area contributed by atoms with Gasteiger partial charge in [-0.05, 0) is 36.8 Å². The summed E-state index contributed by atoms with van der Waals surface area (Å²) in [4.78, 5) is 13.6. The molecule has 2 aromatic heterocycles. The van der Waals surface area contributed by atoms with Gasteiger partial charge < -0.3 is 10.6 Å². The lowest BCUT2D eigenvalue weighted by Gasteiger charge is -2.14. The van der Waals surface area contributed by atoms with Crippen molar-refractivity contribution >= 4 is 22.7 Å². The molecule has 1 unspecified atom stereocenters. The predicted molar refractivity (Wildman–Crippen MR) is 114 cm³/mol. The van der Waals surface area contributed by atoms with Crippen molar-refractivity contribution in [3.05, 3.63) is 85.3 Å². The second-order valence-corrected chi connectivity index (χ2v) is 6.50. The first-order valence-corrected chi connectivity index (χ1v) is 9.21. The Kier molecular flexibility index (Phi) is 5.01. The van der Waals surface area contributed by atoms with Crippen LogP contribution in [0.4, 0.5) is 11.6 Å². The third-order valence-corrected chi connectivity index (χ3v) is 4.53. The van der Waals surface area contributed by atoms with E-state index >= 15 is 0 Å². The first-order valence-electron chi connectivity index (χ1n) is 9.21. The first-order chi connectivity index (χ1) is 13.7. The summed E-state index contributed by atoms with van der Waals surface area (Å²) in [6.45, 7) is 6.54. The Balaban J connectivity index is 1.59. The van der Waals surface area contributed by atoms with E-state index in [2.05, 4.69) is 51.2 Å². The van der Waals surface area contributed by atoms with Crippen LogP contribution in [0, 0.1) is 0 Å². The minimum atomic E-state index is 0.106. The van der Waals surface area contributed by atoms with Crippen LogP contribution in [0.1, 0.15) is 18.5 Å². The summed E-state index contributed by atoms with van der Waals surface area (Å²) in [5.74, 6) is 1.35. The molecule has 0 saturated heterocycles. The van der Waals surface area contributed by atoms with Gasteiger partial charge in [0, 0.05) is 18.4 Å². The van der Waals surface area contributed by atoms with Crippen LogP contribution in [0.15, 0.2) is 79.8 Å². The van der Waals surface area contributed by atoms with Gasteiger partial charge in [-0.1, -0.05) is 36.4 Å². The third kappa shape index (κ3) is 3.71. The van der Waals surface area contributed by atoms with Gasteiger partial charge in [0.1, 0.15) is 12.1 Å². The number of aromatic nitrogens is 4. The van der Waals surface area contributed by atoms with Crippen molar-refractivity contribution in [3.63, 3.8) is 0 Å². The summed E-state index contributed by atoms with van der Waals surface area (Å²) in [6.07, 6.45) is 5.37. The Morgan fingerprint density at radius 3 is 2.79 bits per heavy atom. The molecule has 2 heterocycles. The highest BCUT2D eigenvalue weighted by molar-refractivity contribution is 5.81. The van der Waals surface area contributed by atoms with Crippen LogP contribution in [0.5, 0.6) is 0 Å². The van der Waals surface area contributed by atoms with Gasteiger partial charge in [-0.25, -0.2) is 9.97 Å². The number of anilines is 2. The van der Waals surface area contributed by atoms with Crippen molar-refractivity contribution in [2.45, 2.75) is 13.0 Å². The van der Waals surface area contributed by atoms with Crippen LogP contribution in [-0.2, 0) is 0 Å². The zero-order valence-electron chi connectivity index (χ0n) is 15.7. The molecule has 1 atom stereocenters. The average Bonchev–Trinajstić information content (AvgIpc) is 3.16.